The number of nitriles is 1. The highest BCUT2D eigenvalue weighted by atomic mass is 32.2. The van der Waals surface area contributed by atoms with Gasteiger partial charge in [0.1, 0.15) is 6.61 Å². The normalized spacial score (nSPS) is 16.7. The zero-order chi connectivity index (χ0) is 18.4. The summed E-state index contributed by atoms with van der Waals surface area (Å²) in [5.41, 5.74) is 1.40. The number of carbonyl (C=O) groups is 2. The summed E-state index contributed by atoms with van der Waals surface area (Å²) >= 11 is 2.65. The average Bonchev–Trinajstić information content (AvgIpc) is 3.19. The molecule has 1 atom stereocenters. The van der Waals surface area contributed by atoms with Gasteiger partial charge in [-0.05, 0) is 17.0 Å². The van der Waals surface area contributed by atoms with E-state index in [9.17, 15) is 14.9 Å². The molecule has 7 heteroatoms. The van der Waals surface area contributed by atoms with Crippen LogP contribution in [0, 0.1) is 11.3 Å². The summed E-state index contributed by atoms with van der Waals surface area (Å²) in [6, 6.07) is 15.4. The second kappa shape index (κ2) is 8.70. The molecule has 1 aliphatic rings. The van der Waals surface area contributed by atoms with Gasteiger partial charge in [0.05, 0.1) is 22.4 Å². The molecule has 132 valence electrons. The number of thioether (sulfide) groups is 1. The number of nitrogens with one attached hydrogen (secondary N) is 1. The van der Waals surface area contributed by atoms with E-state index in [4.69, 9.17) is 4.74 Å². The molecule has 1 aromatic carbocycles. The van der Waals surface area contributed by atoms with E-state index in [1.165, 1.54) is 11.3 Å². The molecule has 1 N–H and O–H groups in total. The minimum atomic E-state index is -0.392. The van der Waals surface area contributed by atoms with E-state index in [2.05, 4.69) is 11.4 Å². The fourth-order valence-electron chi connectivity index (χ4n) is 2.58. The Morgan fingerprint density at radius 1 is 1.31 bits per heavy atom. The molecule has 2 heterocycles. The van der Waals surface area contributed by atoms with Crippen LogP contribution in [0.2, 0.25) is 0 Å². The molecule has 26 heavy (non-hydrogen) atoms. The molecule has 0 saturated carbocycles. The van der Waals surface area contributed by atoms with E-state index in [1.807, 2.05) is 47.8 Å². The number of hydrogen-bond donors (Lipinski definition) is 1. The molecule has 1 amide bonds. The van der Waals surface area contributed by atoms with Crippen molar-refractivity contribution in [3.8, 4) is 6.07 Å². The Kier molecular flexibility index (Phi) is 6.10. The molecular formula is C19H16N2O3S2. The van der Waals surface area contributed by atoms with Crippen LogP contribution in [0.5, 0.6) is 0 Å². The maximum atomic E-state index is 12.0. The van der Waals surface area contributed by atoms with Crippen LogP contribution in [0.1, 0.15) is 22.8 Å². The standard InChI is InChI=1S/C19H16N2O3S2/c20-10-15-14(16-7-4-8-25-16)9-17(22)21-19(15)26-12-18(23)24-11-13-5-2-1-3-6-13/h1-8,14H,9,11-12H2,(H,21,22)/t14-/m1/s1. The third-order valence-electron chi connectivity index (χ3n) is 3.82. The van der Waals surface area contributed by atoms with E-state index in [0.717, 1.165) is 22.2 Å². The average molecular weight is 384 g/mol. The van der Waals surface area contributed by atoms with Crippen LogP contribution in [-0.4, -0.2) is 17.6 Å². The van der Waals surface area contributed by atoms with Gasteiger partial charge in [0.15, 0.2) is 0 Å². The van der Waals surface area contributed by atoms with Crippen LogP contribution in [0.15, 0.2) is 58.4 Å². The summed E-state index contributed by atoms with van der Waals surface area (Å²) in [6.45, 7) is 0.203. The van der Waals surface area contributed by atoms with Crippen LogP contribution >= 0.6 is 23.1 Å². The first-order chi connectivity index (χ1) is 12.7. The number of thiophene rings is 1. The van der Waals surface area contributed by atoms with E-state index >= 15 is 0 Å². The van der Waals surface area contributed by atoms with Crippen molar-refractivity contribution in [2.75, 3.05) is 5.75 Å². The summed E-state index contributed by atoms with van der Waals surface area (Å²) in [6.07, 6.45) is 0.242. The molecular weight excluding hydrogens is 368 g/mol. The molecule has 0 unspecified atom stereocenters. The van der Waals surface area contributed by atoms with Crippen molar-refractivity contribution >= 4 is 35.0 Å². The lowest BCUT2D eigenvalue weighted by Crippen LogP contribution is -2.31. The van der Waals surface area contributed by atoms with Gasteiger partial charge in [-0.2, -0.15) is 5.26 Å². The Labute approximate surface area is 159 Å². The van der Waals surface area contributed by atoms with Gasteiger partial charge in [-0.15, -0.1) is 11.3 Å². The van der Waals surface area contributed by atoms with Crippen LogP contribution in [0.4, 0.5) is 0 Å². The summed E-state index contributed by atoms with van der Waals surface area (Å²) in [4.78, 5) is 25.0. The monoisotopic (exact) mass is 384 g/mol. The van der Waals surface area contributed by atoms with E-state index in [1.54, 1.807) is 0 Å². The van der Waals surface area contributed by atoms with Crippen molar-refractivity contribution in [1.29, 1.82) is 5.26 Å². The fraction of sp³-hybridized carbons (Fsp3) is 0.211. The number of benzene rings is 1. The Morgan fingerprint density at radius 3 is 2.81 bits per heavy atom. The van der Waals surface area contributed by atoms with E-state index in [-0.39, 0.29) is 30.6 Å². The number of amides is 1. The highest BCUT2D eigenvalue weighted by molar-refractivity contribution is 8.03. The lowest BCUT2D eigenvalue weighted by Gasteiger charge is -2.23. The molecule has 0 saturated heterocycles. The molecule has 1 aromatic heterocycles. The first-order valence-corrected chi connectivity index (χ1v) is 9.83. The largest absolute Gasteiger partial charge is 0.460 e. The Hall–Kier alpha value is -2.56. The minimum absolute atomic E-state index is 0.0325. The lowest BCUT2D eigenvalue weighted by molar-refractivity contribution is -0.141. The molecule has 2 aromatic rings. The summed E-state index contributed by atoms with van der Waals surface area (Å²) in [7, 11) is 0. The molecule has 0 aliphatic carbocycles. The minimum Gasteiger partial charge on any atom is -0.460 e. The van der Waals surface area contributed by atoms with Crippen molar-refractivity contribution in [3.05, 3.63) is 68.9 Å². The molecule has 5 nitrogen and oxygen atoms in total. The molecule has 1 aliphatic heterocycles. The van der Waals surface area contributed by atoms with E-state index in [0.29, 0.717) is 10.6 Å². The summed E-state index contributed by atoms with van der Waals surface area (Å²) in [5.74, 6) is -0.764. The van der Waals surface area contributed by atoms with Gasteiger partial charge in [0.25, 0.3) is 0 Å². The zero-order valence-electron chi connectivity index (χ0n) is 13.8. The van der Waals surface area contributed by atoms with Gasteiger partial charge in [0, 0.05) is 17.2 Å². The van der Waals surface area contributed by atoms with Crippen molar-refractivity contribution in [2.24, 2.45) is 0 Å². The van der Waals surface area contributed by atoms with Gasteiger partial charge in [0.2, 0.25) is 5.91 Å². The SMILES string of the molecule is N#CC1=C(SCC(=O)OCc2ccccc2)NC(=O)C[C@H]1c1cccs1. The fourth-order valence-corrected chi connectivity index (χ4v) is 4.29. The highest BCUT2D eigenvalue weighted by Gasteiger charge is 2.30. The second-order valence-electron chi connectivity index (χ2n) is 5.61. The zero-order valence-corrected chi connectivity index (χ0v) is 15.4. The molecule has 0 spiro atoms. The smallest absolute Gasteiger partial charge is 0.316 e. The Balaban J connectivity index is 1.64. The van der Waals surface area contributed by atoms with Gasteiger partial charge < -0.3 is 10.1 Å². The predicted molar refractivity (Wildman–Crippen MR) is 101 cm³/mol. The number of allylic oxidation sites excluding steroid dienone is 1. The Morgan fingerprint density at radius 2 is 2.12 bits per heavy atom. The maximum absolute atomic E-state index is 12.0. The van der Waals surface area contributed by atoms with Crippen LogP contribution in [0.3, 0.4) is 0 Å². The second-order valence-corrected chi connectivity index (χ2v) is 7.57. The molecule has 0 bridgehead atoms. The molecule has 3 rings (SSSR count). The van der Waals surface area contributed by atoms with Crippen molar-refractivity contribution < 1.29 is 14.3 Å². The maximum Gasteiger partial charge on any atom is 0.316 e. The van der Waals surface area contributed by atoms with Gasteiger partial charge in [-0.3, -0.25) is 9.59 Å². The van der Waals surface area contributed by atoms with Gasteiger partial charge in [-0.25, -0.2) is 0 Å². The highest BCUT2D eigenvalue weighted by Crippen LogP contribution is 2.37. The van der Waals surface area contributed by atoms with E-state index < -0.39 is 5.97 Å². The molecule has 0 fully saturated rings. The number of carbonyl (C=O) groups excluding carboxylic acids is 2. The number of ether oxygens (including phenoxy) is 1. The third kappa shape index (κ3) is 4.54. The summed E-state index contributed by atoms with van der Waals surface area (Å²) in [5, 5.41) is 14.6. The first kappa shape index (κ1) is 18.2. The van der Waals surface area contributed by atoms with Crippen molar-refractivity contribution in [2.45, 2.75) is 18.9 Å². The lowest BCUT2D eigenvalue weighted by atomic mass is 9.93. The third-order valence-corrected chi connectivity index (χ3v) is 5.80. The quantitative estimate of drug-likeness (QED) is 0.771. The number of nitrogens with zero attached hydrogens (tertiary/aromatic N) is 1. The number of rotatable bonds is 6. The number of esters is 1. The topological polar surface area (TPSA) is 79.2 Å². The van der Waals surface area contributed by atoms with Crippen LogP contribution < -0.4 is 5.32 Å². The Bertz CT molecular complexity index is 855. The van der Waals surface area contributed by atoms with Gasteiger partial charge in [-0.1, -0.05) is 48.2 Å². The van der Waals surface area contributed by atoms with Crippen LogP contribution in [0.25, 0.3) is 0 Å². The first-order valence-electron chi connectivity index (χ1n) is 7.97. The van der Waals surface area contributed by atoms with Crippen molar-refractivity contribution in [3.63, 3.8) is 0 Å². The number of hydrogen-bond acceptors (Lipinski definition) is 6. The van der Waals surface area contributed by atoms with Crippen LogP contribution in [-0.2, 0) is 20.9 Å². The van der Waals surface area contributed by atoms with Crippen molar-refractivity contribution in [1.82, 2.24) is 5.32 Å². The molecule has 0 radical (unpaired) electrons. The predicted octanol–water partition coefficient (Wildman–Crippen LogP) is 3.56. The van der Waals surface area contributed by atoms with Gasteiger partial charge >= 0.3 is 5.97 Å². The summed E-state index contributed by atoms with van der Waals surface area (Å²) < 4.78 is 5.24.